The lowest BCUT2D eigenvalue weighted by atomic mass is 10.3. The average molecular weight is 243 g/mol. The molecule has 1 aliphatic rings. The molecule has 0 spiro atoms. The van der Waals surface area contributed by atoms with Gasteiger partial charge >= 0.3 is 6.03 Å². The summed E-state index contributed by atoms with van der Waals surface area (Å²) in [6.45, 7) is 3.52. The van der Waals surface area contributed by atoms with Crippen LogP contribution in [-0.4, -0.2) is 35.1 Å². The highest BCUT2D eigenvalue weighted by molar-refractivity contribution is 7.80. The lowest BCUT2D eigenvalue weighted by molar-refractivity contribution is 0.196. The molecular formula is C11H21N3OS. The first-order valence-electron chi connectivity index (χ1n) is 5.98. The molecule has 92 valence electrons. The molecule has 1 saturated carbocycles. The molecule has 16 heavy (non-hydrogen) atoms. The Kier molecular flexibility index (Phi) is 5.52. The first-order chi connectivity index (χ1) is 7.65. The van der Waals surface area contributed by atoms with Crippen molar-refractivity contribution in [3.63, 3.8) is 0 Å². The predicted octanol–water partition coefficient (Wildman–Crippen LogP) is 1.64. The van der Waals surface area contributed by atoms with Crippen molar-refractivity contribution in [1.82, 2.24) is 10.2 Å². The number of nitrogens with one attached hydrogen (secondary N) is 1. The number of hydrogen-bond acceptors (Lipinski definition) is 2. The average Bonchev–Trinajstić information content (AvgIpc) is 3.02. The second-order valence-corrected chi connectivity index (χ2v) is 4.75. The molecule has 3 N–H and O–H groups in total. The van der Waals surface area contributed by atoms with E-state index in [0.29, 0.717) is 24.0 Å². The van der Waals surface area contributed by atoms with Crippen LogP contribution in [0.25, 0.3) is 0 Å². The topological polar surface area (TPSA) is 58.4 Å². The maximum atomic E-state index is 11.8. The Morgan fingerprint density at radius 3 is 2.75 bits per heavy atom. The van der Waals surface area contributed by atoms with Crippen molar-refractivity contribution in [2.75, 3.05) is 13.1 Å². The number of nitrogens with two attached hydrogens (primary N) is 1. The summed E-state index contributed by atoms with van der Waals surface area (Å²) in [7, 11) is 0. The summed E-state index contributed by atoms with van der Waals surface area (Å²) in [5, 5.41) is 2.93. The molecule has 5 heteroatoms. The summed E-state index contributed by atoms with van der Waals surface area (Å²) in [5.41, 5.74) is 5.46. The van der Waals surface area contributed by atoms with E-state index < -0.39 is 0 Å². The number of amides is 2. The molecule has 0 aliphatic heterocycles. The van der Waals surface area contributed by atoms with Gasteiger partial charge in [0.1, 0.15) is 0 Å². The normalized spacial score (nSPS) is 14.6. The first kappa shape index (κ1) is 13.2. The van der Waals surface area contributed by atoms with Gasteiger partial charge in [0.15, 0.2) is 0 Å². The quantitative estimate of drug-likeness (QED) is 0.528. The standard InChI is InChI=1S/C11H21N3OS/c1-2-3-7-13-11(15)14(9-4-5-9)8-6-10(12)16/h9H,2-8H2,1H3,(H2,12,16)(H,13,15). The molecule has 1 aliphatic carbocycles. The third-order valence-corrected chi connectivity index (χ3v) is 2.86. The highest BCUT2D eigenvalue weighted by atomic mass is 32.1. The fourth-order valence-corrected chi connectivity index (χ4v) is 1.63. The second kappa shape index (κ2) is 6.68. The predicted molar refractivity (Wildman–Crippen MR) is 69.4 cm³/mol. The highest BCUT2D eigenvalue weighted by Gasteiger charge is 2.31. The van der Waals surface area contributed by atoms with Gasteiger partial charge in [-0.3, -0.25) is 0 Å². The second-order valence-electron chi connectivity index (χ2n) is 4.23. The zero-order chi connectivity index (χ0) is 12.0. The molecular weight excluding hydrogens is 222 g/mol. The van der Waals surface area contributed by atoms with Crippen LogP contribution in [-0.2, 0) is 0 Å². The van der Waals surface area contributed by atoms with Crippen LogP contribution in [0.3, 0.4) is 0 Å². The molecule has 0 aromatic rings. The van der Waals surface area contributed by atoms with Crippen molar-refractivity contribution in [1.29, 1.82) is 0 Å². The number of thiocarbonyl (C=S) groups is 1. The van der Waals surface area contributed by atoms with Crippen molar-refractivity contribution in [2.24, 2.45) is 5.73 Å². The van der Waals surface area contributed by atoms with E-state index in [2.05, 4.69) is 12.2 Å². The van der Waals surface area contributed by atoms with Gasteiger partial charge in [0.25, 0.3) is 0 Å². The number of urea groups is 1. The van der Waals surface area contributed by atoms with Gasteiger partial charge in [-0.1, -0.05) is 25.6 Å². The zero-order valence-electron chi connectivity index (χ0n) is 9.87. The van der Waals surface area contributed by atoms with Gasteiger partial charge in [-0.2, -0.15) is 0 Å². The maximum Gasteiger partial charge on any atom is 0.317 e. The van der Waals surface area contributed by atoms with Crippen LogP contribution < -0.4 is 11.1 Å². The van der Waals surface area contributed by atoms with E-state index in [9.17, 15) is 4.79 Å². The van der Waals surface area contributed by atoms with Crippen LogP contribution in [0.2, 0.25) is 0 Å². The molecule has 0 heterocycles. The van der Waals surface area contributed by atoms with Gasteiger partial charge in [0, 0.05) is 25.6 Å². The summed E-state index contributed by atoms with van der Waals surface area (Å²) in [6.07, 6.45) is 4.96. The van der Waals surface area contributed by atoms with Crippen LogP contribution in [0, 0.1) is 0 Å². The fraction of sp³-hybridized carbons (Fsp3) is 0.818. The van der Waals surface area contributed by atoms with Crippen LogP contribution in [0.1, 0.15) is 39.0 Å². The summed E-state index contributed by atoms with van der Waals surface area (Å²) in [5.74, 6) is 0. The molecule has 0 atom stereocenters. The smallest absolute Gasteiger partial charge is 0.317 e. The molecule has 0 saturated heterocycles. The minimum absolute atomic E-state index is 0.0344. The minimum Gasteiger partial charge on any atom is -0.393 e. The third kappa shape index (κ3) is 4.79. The Bertz CT molecular complexity index is 254. The number of carbonyl (C=O) groups is 1. The lowest BCUT2D eigenvalue weighted by Gasteiger charge is -2.22. The summed E-state index contributed by atoms with van der Waals surface area (Å²) >= 11 is 4.83. The van der Waals surface area contributed by atoms with E-state index in [4.69, 9.17) is 18.0 Å². The maximum absolute atomic E-state index is 11.8. The Hall–Kier alpha value is -0.840. The van der Waals surface area contributed by atoms with Crippen LogP contribution >= 0.6 is 12.2 Å². The van der Waals surface area contributed by atoms with Gasteiger partial charge < -0.3 is 16.0 Å². The third-order valence-electron chi connectivity index (χ3n) is 2.65. The van der Waals surface area contributed by atoms with Crippen LogP contribution in [0.5, 0.6) is 0 Å². The molecule has 0 aromatic carbocycles. The molecule has 1 fully saturated rings. The lowest BCUT2D eigenvalue weighted by Crippen LogP contribution is -2.43. The number of nitrogens with zero attached hydrogens (tertiary/aromatic N) is 1. The molecule has 0 aromatic heterocycles. The Labute approximate surface area is 103 Å². The van der Waals surface area contributed by atoms with Crippen molar-refractivity contribution in [3.05, 3.63) is 0 Å². The van der Waals surface area contributed by atoms with E-state index >= 15 is 0 Å². The summed E-state index contributed by atoms with van der Waals surface area (Å²) in [4.78, 5) is 14.2. The van der Waals surface area contributed by atoms with Gasteiger partial charge in [-0.15, -0.1) is 0 Å². The molecule has 0 unspecified atom stereocenters. The monoisotopic (exact) mass is 243 g/mol. The van der Waals surface area contributed by atoms with E-state index in [-0.39, 0.29) is 6.03 Å². The zero-order valence-corrected chi connectivity index (χ0v) is 10.7. The SMILES string of the molecule is CCCCNC(=O)N(CCC(N)=S)C1CC1. The van der Waals surface area contributed by atoms with Crippen LogP contribution in [0.4, 0.5) is 4.79 Å². The largest absolute Gasteiger partial charge is 0.393 e. The van der Waals surface area contributed by atoms with E-state index in [1.54, 1.807) is 0 Å². The van der Waals surface area contributed by atoms with Crippen molar-refractivity contribution >= 4 is 23.2 Å². The molecule has 4 nitrogen and oxygen atoms in total. The van der Waals surface area contributed by atoms with E-state index in [1.165, 1.54) is 0 Å². The molecule has 0 bridgehead atoms. The Balaban J connectivity index is 2.30. The summed E-state index contributed by atoms with van der Waals surface area (Å²) < 4.78 is 0. The number of rotatable bonds is 7. The highest BCUT2D eigenvalue weighted by Crippen LogP contribution is 2.26. The number of carbonyl (C=O) groups excluding carboxylic acids is 1. The number of hydrogen-bond donors (Lipinski definition) is 2. The summed E-state index contributed by atoms with van der Waals surface area (Å²) in [6, 6.07) is 0.447. The van der Waals surface area contributed by atoms with Gasteiger partial charge in [0.05, 0.1) is 4.99 Å². The number of unbranched alkanes of at least 4 members (excludes halogenated alkanes) is 1. The van der Waals surface area contributed by atoms with Crippen molar-refractivity contribution in [3.8, 4) is 0 Å². The van der Waals surface area contributed by atoms with Gasteiger partial charge in [0.2, 0.25) is 0 Å². The van der Waals surface area contributed by atoms with Crippen LogP contribution in [0.15, 0.2) is 0 Å². The Morgan fingerprint density at radius 2 is 2.25 bits per heavy atom. The van der Waals surface area contributed by atoms with Gasteiger partial charge in [-0.25, -0.2) is 4.79 Å². The van der Waals surface area contributed by atoms with E-state index in [0.717, 1.165) is 32.2 Å². The van der Waals surface area contributed by atoms with Crippen molar-refractivity contribution < 1.29 is 4.79 Å². The van der Waals surface area contributed by atoms with Gasteiger partial charge in [-0.05, 0) is 19.3 Å². The molecule has 1 rings (SSSR count). The first-order valence-corrected chi connectivity index (χ1v) is 6.38. The minimum atomic E-state index is 0.0344. The van der Waals surface area contributed by atoms with Crippen molar-refractivity contribution in [2.45, 2.75) is 45.1 Å². The molecule has 0 radical (unpaired) electrons. The fourth-order valence-electron chi connectivity index (χ4n) is 1.54. The molecule has 2 amide bonds. The van der Waals surface area contributed by atoms with E-state index in [1.807, 2.05) is 4.90 Å². The Morgan fingerprint density at radius 1 is 1.56 bits per heavy atom.